The highest BCUT2D eigenvalue weighted by Crippen LogP contribution is 2.39. The summed E-state index contributed by atoms with van der Waals surface area (Å²) in [6, 6.07) is 0. The molecule has 0 saturated carbocycles. The molecule has 0 aromatic carbocycles. The van der Waals surface area contributed by atoms with Gasteiger partial charge < -0.3 is 22.2 Å². The van der Waals surface area contributed by atoms with Crippen molar-refractivity contribution in [3.8, 4) is 0 Å². The number of nitrogens with zero attached hydrogens (tertiary/aromatic N) is 1. The van der Waals surface area contributed by atoms with Gasteiger partial charge in [-0.15, -0.1) is 0 Å². The molecule has 90 valence electrons. The molecule has 0 amide bonds. The van der Waals surface area contributed by atoms with E-state index in [4.69, 9.17) is 0 Å². The van der Waals surface area contributed by atoms with Crippen LogP contribution in [-0.4, -0.2) is 23.0 Å². The van der Waals surface area contributed by atoms with Gasteiger partial charge in [-0.2, -0.15) is 0 Å². The number of rotatable bonds is 1. The first-order chi connectivity index (χ1) is 6.66. The molecule has 1 aliphatic heterocycles. The average Bonchev–Trinajstić information content (AvgIpc) is 2.23. The molecule has 1 nitrogen and oxygen atoms in total. The van der Waals surface area contributed by atoms with Crippen molar-refractivity contribution in [2.24, 2.45) is 0 Å². The highest BCUT2D eigenvalue weighted by atomic mass is 79.9. The minimum atomic E-state index is -6.00. The van der Waals surface area contributed by atoms with Crippen LogP contribution in [0.15, 0.2) is 10.6 Å². The quantitative estimate of drug-likeness (QED) is 0.308. The summed E-state index contributed by atoms with van der Waals surface area (Å²) in [6.07, 6.45) is 0. The smallest absolute Gasteiger partial charge is 0.418 e. The summed E-state index contributed by atoms with van der Waals surface area (Å²) in [5, 5.41) is 0. The van der Waals surface area contributed by atoms with Crippen LogP contribution >= 0.6 is 27.7 Å². The van der Waals surface area contributed by atoms with Crippen molar-refractivity contribution in [3.05, 3.63) is 10.6 Å². The zero-order valence-corrected chi connectivity index (χ0v) is 11.0. The lowest BCUT2D eigenvalue weighted by Crippen LogP contribution is -2.22. The molecule has 15 heavy (non-hydrogen) atoms. The predicted octanol–water partition coefficient (Wildman–Crippen LogP) is 4.29. The fourth-order valence-corrected chi connectivity index (χ4v) is 3.48. The maximum atomic E-state index is 9.75. The first-order valence-corrected chi connectivity index (χ1v) is 6.08. The molecule has 1 heterocycles. The Balaban J connectivity index is 0.000000336. The van der Waals surface area contributed by atoms with Gasteiger partial charge in [0.1, 0.15) is 4.28 Å². The molecule has 0 aliphatic carbocycles. The minimum absolute atomic E-state index is 0.470. The third kappa shape index (κ3) is 6.34. The van der Waals surface area contributed by atoms with Crippen LogP contribution in [0.5, 0.6) is 0 Å². The summed E-state index contributed by atoms with van der Waals surface area (Å²) >= 11 is 5.48. The zero-order chi connectivity index (χ0) is 12.2. The molecule has 0 spiro atoms. The van der Waals surface area contributed by atoms with Gasteiger partial charge >= 0.3 is 7.25 Å². The molecule has 1 rings (SSSR count). The summed E-state index contributed by atoms with van der Waals surface area (Å²) in [7, 11) is -6.00. The van der Waals surface area contributed by atoms with Crippen molar-refractivity contribution in [1.82, 2.24) is 4.90 Å². The van der Waals surface area contributed by atoms with E-state index in [1.165, 1.54) is 10.6 Å². The van der Waals surface area contributed by atoms with Gasteiger partial charge in [0.05, 0.1) is 0 Å². The Morgan fingerprint density at radius 2 is 1.73 bits per heavy atom. The molecule has 0 aromatic heterocycles. The van der Waals surface area contributed by atoms with Crippen molar-refractivity contribution in [1.29, 1.82) is 0 Å². The van der Waals surface area contributed by atoms with E-state index >= 15 is 0 Å². The number of thioether (sulfide) groups is 1. The fourth-order valence-electron chi connectivity index (χ4n) is 1.03. The third-order valence-electron chi connectivity index (χ3n) is 1.80. The van der Waals surface area contributed by atoms with Gasteiger partial charge in [-0.1, -0.05) is 27.7 Å². The normalized spacial score (nSPS) is 21.6. The van der Waals surface area contributed by atoms with E-state index in [1.54, 1.807) is 0 Å². The minimum Gasteiger partial charge on any atom is -0.418 e. The van der Waals surface area contributed by atoms with Crippen molar-refractivity contribution in [3.63, 3.8) is 0 Å². The van der Waals surface area contributed by atoms with E-state index in [-0.39, 0.29) is 0 Å². The Kier molecular flexibility index (Phi) is 6.09. The maximum Gasteiger partial charge on any atom is 0.673 e. The first-order valence-electron chi connectivity index (χ1n) is 4.29. The lowest BCUT2D eigenvalue weighted by Gasteiger charge is -2.20. The molecule has 8 heteroatoms. The maximum absolute atomic E-state index is 9.75. The van der Waals surface area contributed by atoms with Gasteiger partial charge in [0.2, 0.25) is 0 Å². The van der Waals surface area contributed by atoms with Gasteiger partial charge in [-0.3, -0.25) is 0 Å². The second-order valence-electron chi connectivity index (χ2n) is 2.83. The van der Waals surface area contributed by atoms with E-state index in [2.05, 4.69) is 41.6 Å². The number of hydrogen-bond acceptors (Lipinski definition) is 2. The van der Waals surface area contributed by atoms with Gasteiger partial charge in [0.15, 0.2) is 0 Å². The molecule has 0 aromatic rings. The van der Waals surface area contributed by atoms with E-state index in [1.807, 2.05) is 11.8 Å². The van der Waals surface area contributed by atoms with Crippen molar-refractivity contribution in [2.45, 2.75) is 25.1 Å². The van der Waals surface area contributed by atoms with E-state index < -0.39 is 7.25 Å². The van der Waals surface area contributed by atoms with Gasteiger partial charge in [0.25, 0.3) is 0 Å². The van der Waals surface area contributed by atoms with E-state index in [0.29, 0.717) is 4.28 Å². The summed E-state index contributed by atoms with van der Waals surface area (Å²) in [4.78, 5) is 3.78. The molecule has 0 fully saturated rings. The number of alkyl halides is 1. The van der Waals surface area contributed by atoms with Crippen LogP contribution in [0.4, 0.5) is 17.3 Å². The Bertz CT molecular complexity index is 240. The Labute approximate surface area is 99.5 Å². The standard InChI is InChI=1S/C7H12BrNS.BF4/c1-4-9-5(2)6(3)10-7(9)8;2-1(3,4)5/h7H,4H2,1-3H3;/q;-1. The second-order valence-corrected chi connectivity index (χ2v) is 5.60. The third-order valence-corrected chi connectivity index (χ3v) is 3.95. The van der Waals surface area contributed by atoms with Crippen LogP contribution in [0.25, 0.3) is 0 Å². The first kappa shape index (κ1) is 15.2. The summed E-state index contributed by atoms with van der Waals surface area (Å²) in [6.45, 7) is 7.61. The van der Waals surface area contributed by atoms with Crippen LogP contribution in [-0.2, 0) is 0 Å². The molecular formula is C7H12BBrF4NS-. The summed E-state index contributed by atoms with van der Waals surface area (Å²) in [5.41, 5.74) is 1.41. The van der Waals surface area contributed by atoms with E-state index in [0.717, 1.165) is 6.54 Å². The van der Waals surface area contributed by atoms with Crippen molar-refractivity contribution in [2.75, 3.05) is 6.54 Å². The van der Waals surface area contributed by atoms with E-state index in [9.17, 15) is 17.3 Å². The van der Waals surface area contributed by atoms with Gasteiger partial charge in [-0.25, -0.2) is 0 Å². The van der Waals surface area contributed by atoms with Crippen molar-refractivity contribution < 1.29 is 17.3 Å². The Morgan fingerprint density at radius 1 is 1.33 bits per heavy atom. The van der Waals surface area contributed by atoms with Crippen molar-refractivity contribution >= 4 is 34.9 Å². The molecule has 1 aliphatic rings. The predicted molar refractivity (Wildman–Crippen MR) is 61.2 cm³/mol. The lowest BCUT2D eigenvalue weighted by atomic mass is 10.3. The molecule has 0 radical (unpaired) electrons. The van der Waals surface area contributed by atoms with Crippen LogP contribution in [0, 0.1) is 0 Å². The number of allylic oxidation sites excluding steroid dienone is 2. The number of halogens is 5. The topological polar surface area (TPSA) is 3.24 Å². The Hall–Kier alpha value is 0.155. The molecule has 0 saturated heterocycles. The number of hydrogen-bond donors (Lipinski definition) is 0. The van der Waals surface area contributed by atoms with Crippen LogP contribution in [0.3, 0.4) is 0 Å². The second kappa shape index (κ2) is 6.03. The van der Waals surface area contributed by atoms with Crippen LogP contribution in [0.2, 0.25) is 0 Å². The molecular weight excluding hydrogens is 297 g/mol. The summed E-state index contributed by atoms with van der Waals surface area (Å²) < 4.78 is 39.5. The largest absolute Gasteiger partial charge is 0.673 e. The monoisotopic (exact) mass is 308 g/mol. The highest BCUT2D eigenvalue weighted by Gasteiger charge is 2.23. The average molecular weight is 309 g/mol. The lowest BCUT2D eigenvalue weighted by molar-refractivity contribution is 0.368. The van der Waals surface area contributed by atoms with Crippen LogP contribution < -0.4 is 0 Å². The molecule has 0 bridgehead atoms. The van der Waals surface area contributed by atoms with Crippen LogP contribution in [0.1, 0.15) is 20.8 Å². The SMILES string of the molecule is CCN1C(C)=C(C)SC1Br.F[B-](F)(F)F. The fraction of sp³-hybridized carbons (Fsp3) is 0.714. The van der Waals surface area contributed by atoms with Gasteiger partial charge in [0, 0.05) is 17.1 Å². The summed E-state index contributed by atoms with van der Waals surface area (Å²) in [5.74, 6) is 0. The molecule has 1 atom stereocenters. The Morgan fingerprint density at radius 3 is 1.87 bits per heavy atom. The molecule has 0 N–H and O–H groups in total. The van der Waals surface area contributed by atoms with Gasteiger partial charge in [-0.05, 0) is 20.8 Å². The molecule has 1 unspecified atom stereocenters. The zero-order valence-electron chi connectivity index (χ0n) is 8.61. The highest BCUT2D eigenvalue weighted by molar-refractivity contribution is 9.11.